The summed E-state index contributed by atoms with van der Waals surface area (Å²) in [6, 6.07) is 3.55. The number of furan rings is 1. The number of carbonyl (C=O) groups excluding carboxylic acids is 1. The topological polar surface area (TPSA) is 51.5 Å². The third-order valence-electron chi connectivity index (χ3n) is 2.55. The Morgan fingerprint density at radius 2 is 1.90 bits per heavy atom. The number of hydrogen-bond donors (Lipinski definition) is 1. The number of nitrogens with one attached hydrogen (secondary N) is 1. The highest BCUT2D eigenvalue weighted by molar-refractivity contribution is 9.10. The number of benzene rings is 1. The zero-order valence-electron chi connectivity index (χ0n) is 10.6. The van der Waals surface area contributed by atoms with Crippen LogP contribution < -0.4 is 10.1 Å². The van der Waals surface area contributed by atoms with Crippen molar-refractivity contribution in [2.75, 3.05) is 12.4 Å². The third-order valence-corrected chi connectivity index (χ3v) is 2.94. The molecule has 7 heteroatoms. The summed E-state index contributed by atoms with van der Waals surface area (Å²) in [6.07, 6.45) is 0. The van der Waals surface area contributed by atoms with Crippen molar-refractivity contribution < 1.29 is 22.7 Å². The average Bonchev–Trinajstić information content (AvgIpc) is 2.68. The maximum atomic E-state index is 13.5. The summed E-state index contributed by atoms with van der Waals surface area (Å²) in [5, 5.41) is 2.36. The van der Waals surface area contributed by atoms with E-state index in [1.165, 1.54) is 0 Å². The van der Waals surface area contributed by atoms with Crippen LogP contribution in [0, 0.1) is 18.6 Å². The Morgan fingerprint density at radius 3 is 2.35 bits per heavy atom. The maximum absolute atomic E-state index is 13.5. The van der Waals surface area contributed by atoms with Gasteiger partial charge in [0.25, 0.3) is 5.91 Å². The Hall–Kier alpha value is -1.89. The lowest BCUT2D eigenvalue weighted by molar-refractivity contribution is 0.0994. The van der Waals surface area contributed by atoms with Crippen LogP contribution >= 0.6 is 15.9 Å². The average molecular weight is 346 g/mol. The van der Waals surface area contributed by atoms with Gasteiger partial charge >= 0.3 is 0 Å². The van der Waals surface area contributed by atoms with Gasteiger partial charge in [0, 0.05) is 23.4 Å². The molecule has 2 aromatic rings. The van der Waals surface area contributed by atoms with E-state index >= 15 is 0 Å². The molecule has 0 aliphatic rings. The van der Waals surface area contributed by atoms with Gasteiger partial charge in [-0.15, -0.1) is 0 Å². The molecule has 0 fully saturated rings. The summed E-state index contributed by atoms with van der Waals surface area (Å²) < 4.78 is 37.1. The van der Waals surface area contributed by atoms with Crippen LogP contribution in [0.25, 0.3) is 0 Å². The van der Waals surface area contributed by atoms with Crippen LogP contribution in [-0.4, -0.2) is 13.0 Å². The monoisotopic (exact) mass is 345 g/mol. The number of carbonyl (C=O) groups is 1. The van der Waals surface area contributed by atoms with Gasteiger partial charge in [0.05, 0.1) is 7.11 Å². The first kappa shape index (κ1) is 14.5. The summed E-state index contributed by atoms with van der Waals surface area (Å²) >= 11 is 3.10. The molecule has 0 saturated carbocycles. The first-order valence-corrected chi connectivity index (χ1v) is 6.32. The first-order valence-electron chi connectivity index (χ1n) is 5.52. The van der Waals surface area contributed by atoms with E-state index in [2.05, 4.69) is 26.0 Å². The highest BCUT2D eigenvalue weighted by Crippen LogP contribution is 2.26. The highest BCUT2D eigenvalue weighted by Gasteiger charge is 2.17. The molecule has 0 spiro atoms. The number of anilines is 1. The van der Waals surface area contributed by atoms with Crippen molar-refractivity contribution in [2.24, 2.45) is 0 Å². The summed E-state index contributed by atoms with van der Waals surface area (Å²) in [5.41, 5.74) is 0.571. The zero-order chi connectivity index (χ0) is 14.9. The van der Waals surface area contributed by atoms with Crippen molar-refractivity contribution in [2.45, 2.75) is 6.92 Å². The Labute approximate surface area is 121 Å². The minimum atomic E-state index is -0.903. The predicted octanol–water partition coefficient (Wildman–Crippen LogP) is 3.89. The molecule has 0 atom stereocenters. The van der Waals surface area contributed by atoms with Gasteiger partial charge in [0.15, 0.2) is 27.8 Å². The van der Waals surface area contributed by atoms with Crippen LogP contribution in [0.3, 0.4) is 0 Å². The molecule has 0 aliphatic heterocycles. The molecule has 1 N–H and O–H groups in total. The Kier molecular flexibility index (Phi) is 4.08. The quantitative estimate of drug-likeness (QED) is 0.917. The molecule has 0 aliphatic carbocycles. The van der Waals surface area contributed by atoms with Crippen LogP contribution in [0.4, 0.5) is 14.5 Å². The molecule has 0 bridgehead atoms. The second-order valence-electron chi connectivity index (χ2n) is 3.99. The van der Waals surface area contributed by atoms with Gasteiger partial charge in [-0.25, -0.2) is 8.78 Å². The minimum Gasteiger partial charge on any atom is -0.491 e. The number of amides is 1. The fourth-order valence-electron chi connectivity index (χ4n) is 1.68. The number of rotatable bonds is 3. The molecule has 0 saturated heterocycles. The Bertz CT molecular complexity index is 647. The molecular formula is C13H10BrF2NO3. The van der Waals surface area contributed by atoms with Gasteiger partial charge in [-0.3, -0.25) is 4.79 Å². The van der Waals surface area contributed by atoms with Crippen molar-refractivity contribution in [3.8, 4) is 5.75 Å². The number of hydrogen-bond acceptors (Lipinski definition) is 3. The molecule has 1 aromatic carbocycles. The highest BCUT2D eigenvalue weighted by atomic mass is 79.9. The largest absolute Gasteiger partial charge is 0.491 e. The van der Waals surface area contributed by atoms with Gasteiger partial charge in [-0.2, -0.15) is 0 Å². The molecule has 1 amide bonds. The molecule has 0 unspecified atom stereocenters. The van der Waals surface area contributed by atoms with E-state index in [0.717, 1.165) is 19.2 Å². The smallest absolute Gasteiger partial charge is 0.291 e. The van der Waals surface area contributed by atoms with Crippen molar-refractivity contribution in [3.05, 3.63) is 45.8 Å². The van der Waals surface area contributed by atoms with Crippen LogP contribution in [0.5, 0.6) is 5.75 Å². The van der Waals surface area contributed by atoms with E-state index in [1.54, 1.807) is 13.0 Å². The van der Waals surface area contributed by atoms with Gasteiger partial charge < -0.3 is 14.5 Å². The molecular weight excluding hydrogens is 336 g/mol. The molecule has 1 heterocycles. The number of aryl methyl sites for hydroxylation is 1. The van der Waals surface area contributed by atoms with Crippen molar-refractivity contribution >= 4 is 27.5 Å². The van der Waals surface area contributed by atoms with Crippen LogP contribution in [0.1, 0.15) is 16.1 Å². The molecule has 20 heavy (non-hydrogen) atoms. The summed E-state index contributed by atoms with van der Waals surface area (Å²) in [7, 11) is 1.16. The standard InChI is InChI=1S/C13H10BrF2NO3/c1-6-3-10(14)20-11(6)13(18)17-7-4-8(15)12(19-2)9(16)5-7/h3-5H,1-2H3,(H,17,18). The second-order valence-corrected chi connectivity index (χ2v) is 4.77. The lowest BCUT2D eigenvalue weighted by Crippen LogP contribution is -2.12. The third kappa shape index (κ3) is 2.82. The van der Waals surface area contributed by atoms with E-state index in [-0.39, 0.29) is 11.4 Å². The van der Waals surface area contributed by atoms with Gasteiger partial charge in [-0.1, -0.05) is 0 Å². The number of methoxy groups -OCH3 is 1. The van der Waals surface area contributed by atoms with E-state index in [9.17, 15) is 13.6 Å². The van der Waals surface area contributed by atoms with Crippen LogP contribution in [0.2, 0.25) is 0 Å². The van der Waals surface area contributed by atoms with Gasteiger partial charge in [0.2, 0.25) is 0 Å². The number of halogens is 3. The normalized spacial score (nSPS) is 10.4. The second kappa shape index (κ2) is 5.62. The van der Waals surface area contributed by atoms with Crippen molar-refractivity contribution in [3.63, 3.8) is 0 Å². The Morgan fingerprint density at radius 1 is 1.30 bits per heavy atom. The molecule has 2 rings (SSSR count). The molecule has 4 nitrogen and oxygen atoms in total. The van der Waals surface area contributed by atoms with Crippen LogP contribution in [0.15, 0.2) is 27.3 Å². The summed E-state index contributed by atoms with van der Waals surface area (Å²) in [6.45, 7) is 1.68. The SMILES string of the molecule is COc1c(F)cc(NC(=O)c2oc(Br)cc2C)cc1F. The van der Waals surface area contributed by atoms with Gasteiger partial charge in [-0.05, 0) is 28.9 Å². The zero-order valence-corrected chi connectivity index (χ0v) is 12.2. The number of ether oxygens (including phenoxy) is 1. The fraction of sp³-hybridized carbons (Fsp3) is 0.154. The summed E-state index contributed by atoms with van der Waals surface area (Å²) in [4.78, 5) is 11.9. The van der Waals surface area contributed by atoms with E-state index in [0.29, 0.717) is 10.2 Å². The lowest BCUT2D eigenvalue weighted by atomic mass is 10.2. The molecule has 0 radical (unpaired) electrons. The van der Waals surface area contributed by atoms with Crippen LogP contribution in [-0.2, 0) is 0 Å². The molecule has 106 valence electrons. The van der Waals surface area contributed by atoms with Gasteiger partial charge in [0.1, 0.15) is 0 Å². The Balaban J connectivity index is 2.26. The minimum absolute atomic E-state index is 0.0299. The van der Waals surface area contributed by atoms with Crippen molar-refractivity contribution in [1.29, 1.82) is 0 Å². The van der Waals surface area contributed by atoms with E-state index in [4.69, 9.17) is 4.42 Å². The maximum Gasteiger partial charge on any atom is 0.291 e. The predicted molar refractivity (Wildman–Crippen MR) is 72.0 cm³/mol. The van der Waals surface area contributed by atoms with E-state index < -0.39 is 23.3 Å². The molecule has 1 aromatic heterocycles. The van der Waals surface area contributed by atoms with Crippen molar-refractivity contribution in [1.82, 2.24) is 0 Å². The summed E-state index contributed by atoms with van der Waals surface area (Å²) in [5.74, 6) is -2.84. The fourth-order valence-corrected chi connectivity index (χ4v) is 2.19. The lowest BCUT2D eigenvalue weighted by Gasteiger charge is -2.08. The van der Waals surface area contributed by atoms with E-state index in [1.807, 2.05) is 0 Å². The first-order chi connectivity index (χ1) is 9.42.